The topological polar surface area (TPSA) is 72.8 Å². The largest absolute Gasteiger partial charge is 0.462 e. The number of rotatable bonds is 34. The summed E-state index contributed by atoms with van der Waals surface area (Å²) in [7, 11) is 0. The van der Waals surface area contributed by atoms with Gasteiger partial charge in [-0.2, -0.15) is 0 Å². The van der Waals surface area contributed by atoms with Crippen molar-refractivity contribution in [3.63, 3.8) is 0 Å². The van der Waals surface area contributed by atoms with Gasteiger partial charge in [0.25, 0.3) is 0 Å². The minimum absolute atomic E-state index is 0.0677. The van der Waals surface area contributed by atoms with Crippen LogP contribution >= 0.6 is 0 Å². The molecule has 0 heterocycles. The molecule has 0 aromatic rings. The highest BCUT2D eigenvalue weighted by Gasteiger charge is 2.16. The van der Waals surface area contributed by atoms with E-state index >= 15 is 0 Å². The van der Waals surface area contributed by atoms with Gasteiger partial charge in [-0.15, -0.1) is 0 Å². The first kappa shape index (κ1) is 42.4. The number of carbonyl (C=O) groups is 2. The minimum atomic E-state index is -0.771. The first-order valence-electron chi connectivity index (χ1n) is 18.9. The summed E-state index contributed by atoms with van der Waals surface area (Å²) in [5.74, 6) is -0.602. The molecule has 258 valence electrons. The molecule has 1 N–H and O–H groups in total. The third kappa shape index (κ3) is 33.3. The lowest BCUT2D eigenvalue weighted by Crippen LogP contribution is -2.28. The average molecular weight is 621 g/mol. The number of aliphatic hydroxyl groups excluding tert-OH is 1. The van der Waals surface area contributed by atoms with Crippen LogP contribution in [-0.2, 0) is 19.1 Å². The molecule has 0 radical (unpaired) electrons. The van der Waals surface area contributed by atoms with E-state index in [9.17, 15) is 14.7 Å². The van der Waals surface area contributed by atoms with Crippen LogP contribution in [0.25, 0.3) is 0 Å². The van der Waals surface area contributed by atoms with E-state index in [0.717, 1.165) is 44.9 Å². The summed E-state index contributed by atoms with van der Waals surface area (Å²) in [6.07, 6.45) is 40.9. The Morgan fingerprint density at radius 1 is 0.500 bits per heavy atom. The quantitative estimate of drug-likeness (QED) is 0.0440. The van der Waals surface area contributed by atoms with Crippen LogP contribution in [0.5, 0.6) is 0 Å². The van der Waals surface area contributed by atoms with Crippen molar-refractivity contribution in [2.45, 2.75) is 200 Å². The van der Waals surface area contributed by atoms with Gasteiger partial charge in [-0.3, -0.25) is 9.59 Å². The molecule has 5 heteroatoms. The second kappa shape index (κ2) is 35.9. The number of ether oxygens (including phenoxy) is 2. The van der Waals surface area contributed by atoms with Crippen molar-refractivity contribution < 1.29 is 24.2 Å². The van der Waals surface area contributed by atoms with Gasteiger partial charge in [-0.1, -0.05) is 147 Å². The van der Waals surface area contributed by atoms with E-state index < -0.39 is 6.10 Å². The van der Waals surface area contributed by atoms with Gasteiger partial charge in [0.2, 0.25) is 0 Å². The zero-order valence-electron chi connectivity index (χ0n) is 29.2. The fourth-order valence-corrected chi connectivity index (χ4v) is 5.29. The lowest BCUT2D eigenvalue weighted by atomic mass is 10.1. The highest BCUT2D eigenvalue weighted by atomic mass is 16.6. The Morgan fingerprint density at radius 2 is 0.864 bits per heavy atom. The first-order valence-corrected chi connectivity index (χ1v) is 18.9. The molecule has 0 spiro atoms. The maximum Gasteiger partial charge on any atom is 0.306 e. The lowest BCUT2D eigenvalue weighted by molar-refractivity contribution is -0.161. The molecule has 0 bridgehead atoms. The van der Waals surface area contributed by atoms with E-state index in [1.165, 1.54) is 122 Å². The van der Waals surface area contributed by atoms with Crippen LogP contribution in [-0.4, -0.2) is 36.4 Å². The molecule has 0 saturated carbocycles. The molecule has 0 aliphatic rings. The lowest BCUT2D eigenvalue weighted by Gasteiger charge is -2.15. The molecule has 5 nitrogen and oxygen atoms in total. The van der Waals surface area contributed by atoms with Crippen LogP contribution in [0.4, 0.5) is 0 Å². The SMILES string of the molecule is CCCC/C=C\CCCCCCCC(=O)O[C@@H](CO)COC(=O)CCCCCCCCCCC/C=C\CCCCCCCC. The fraction of sp³-hybridized carbons (Fsp3) is 0.846. The number of unbranched alkanes of at least 4 members (excludes halogenated alkanes) is 22. The Kier molecular flexibility index (Phi) is 34.5. The van der Waals surface area contributed by atoms with E-state index in [4.69, 9.17) is 9.47 Å². The zero-order valence-corrected chi connectivity index (χ0v) is 29.2. The van der Waals surface area contributed by atoms with Crippen molar-refractivity contribution in [1.82, 2.24) is 0 Å². The smallest absolute Gasteiger partial charge is 0.306 e. The second-order valence-electron chi connectivity index (χ2n) is 12.6. The molecule has 0 amide bonds. The Bertz CT molecular complexity index is 671. The number of carbonyl (C=O) groups excluding carboxylic acids is 2. The molecule has 44 heavy (non-hydrogen) atoms. The van der Waals surface area contributed by atoms with Gasteiger partial charge in [0.15, 0.2) is 6.10 Å². The van der Waals surface area contributed by atoms with Crippen molar-refractivity contribution in [2.24, 2.45) is 0 Å². The molecule has 0 saturated heterocycles. The van der Waals surface area contributed by atoms with Crippen molar-refractivity contribution in [2.75, 3.05) is 13.2 Å². The van der Waals surface area contributed by atoms with Gasteiger partial charge in [-0.05, 0) is 57.8 Å². The second-order valence-corrected chi connectivity index (χ2v) is 12.6. The molecular weight excluding hydrogens is 548 g/mol. The maximum absolute atomic E-state index is 12.1. The molecular formula is C39H72O5. The Labute approximate surface area is 273 Å². The molecule has 0 aromatic carbocycles. The van der Waals surface area contributed by atoms with E-state index in [1.807, 2.05) is 0 Å². The maximum atomic E-state index is 12.1. The van der Waals surface area contributed by atoms with Crippen molar-refractivity contribution in [1.29, 1.82) is 0 Å². The summed E-state index contributed by atoms with van der Waals surface area (Å²) in [6.45, 7) is 4.08. The summed E-state index contributed by atoms with van der Waals surface area (Å²) in [5, 5.41) is 9.52. The third-order valence-corrected chi connectivity index (χ3v) is 8.22. The van der Waals surface area contributed by atoms with Crippen LogP contribution < -0.4 is 0 Å². The molecule has 0 aliphatic heterocycles. The van der Waals surface area contributed by atoms with Crippen LogP contribution in [0, 0.1) is 0 Å². The van der Waals surface area contributed by atoms with Gasteiger partial charge in [0, 0.05) is 12.8 Å². The molecule has 0 rings (SSSR count). The average Bonchev–Trinajstić information content (AvgIpc) is 3.02. The van der Waals surface area contributed by atoms with Gasteiger partial charge >= 0.3 is 11.9 Å². The number of allylic oxidation sites excluding steroid dienone is 4. The standard InChI is InChI=1S/C39H72O5/c1-3-5-7-9-11-13-15-16-17-18-19-20-21-22-24-25-27-29-31-33-38(41)43-36-37(35-40)44-39(42)34-32-30-28-26-23-14-12-10-8-6-4-2/h10,12,16-17,37,40H,3-9,11,13-15,18-36H2,1-2H3/b12-10-,17-16-/t37-/m0/s1. The van der Waals surface area contributed by atoms with Gasteiger partial charge in [0.05, 0.1) is 6.61 Å². The van der Waals surface area contributed by atoms with E-state index in [0.29, 0.717) is 12.8 Å². The minimum Gasteiger partial charge on any atom is -0.462 e. The van der Waals surface area contributed by atoms with Crippen LogP contribution in [0.3, 0.4) is 0 Å². The summed E-state index contributed by atoms with van der Waals surface area (Å²) in [5.41, 5.74) is 0. The number of hydrogen-bond acceptors (Lipinski definition) is 5. The Hall–Kier alpha value is -1.62. The molecule has 1 atom stereocenters. The summed E-state index contributed by atoms with van der Waals surface area (Å²) >= 11 is 0. The van der Waals surface area contributed by atoms with Crippen LogP contribution in [0.15, 0.2) is 24.3 Å². The van der Waals surface area contributed by atoms with Crippen LogP contribution in [0.1, 0.15) is 194 Å². The van der Waals surface area contributed by atoms with Crippen molar-refractivity contribution >= 4 is 11.9 Å². The highest BCUT2D eigenvalue weighted by Crippen LogP contribution is 2.13. The summed E-state index contributed by atoms with van der Waals surface area (Å²) in [4.78, 5) is 24.2. The molecule has 0 aliphatic carbocycles. The van der Waals surface area contributed by atoms with Gasteiger partial charge in [-0.25, -0.2) is 0 Å². The fourth-order valence-electron chi connectivity index (χ4n) is 5.29. The first-order chi connectivity index (χ1) is 21.6. The molecule has 0 aromatic heterocycles. The number of esters is 2. The summed E-state index contributed by atoms with van der Waals surface area (Å²) < 4.78 is 10.6. The summed E-state index contributed by atoms with van der Waals surface area (Å²) in [6, 6.07) is 0. The predicted octanol–water partition coefficient (Wildman–Crippen LogP) is 11.5. The van der Waals surface area contributed by atoms with E-state index in [1.54, 1.807) is 0 Å². The Balaban J connectivity index is 3.53. The van der Waals surface area contributed by atoms with E-state index in [-0.39, 0.29) is 25.2 Å². The van der Waals surface area contributed by atoms with Crippen molar-refractivity contribution in [3.05, 3.63) is 24.3 Å². The molecule has 0 fully saturated rings. The Morgan fingerprint density at radius 3 is 1.30 bits per heavy atom. The molecule has 0 unspecified atom stereocenters. The third-order valence-electron chi connectivity index (χ3n) is 8.22. The van der Waals surface area contributed by atoms with Gasteiger partial charge < -0.3 is 14.6 Å². The number of hydrogen-bond donors (Lipinski definition) is 1. The highest BCUT2D eigenvalue weighted by molar-refractivity contribution is 5.70. The normalized spacial score (nSPS) is 12.3. The van der Waals surface area contributed by atoms with Crippen molar-refractivity contribution in [3.8, 4) is 0 Å². The van der Waals surface area contributed by atoms with Gasteiger partial charge in [0.1, 0.15) is 6.61 Å². The monoisotopic (exact) mass is 621 g/mol. The van der Waals surface area contributed by atoms with Crippen LogP contribution in [0.2, 0.25) is 0 Å². The zero-order chi connectivity index (χ0) is 32.2. The van der Waals surface area contributed by atoms with E-state index in [2.05, 4.69) is 38.2 Å². The predicted molar refractivity (Wildman–Crippen MR) is 187 cm³/mol. The number of aliphatic hydroxyl groups is 1.